The molecule has 4 nitrogen and oxygen atoms in total. The molecule has 1 aliphatic rings. The molecule has 0 aromatic heterocycles. The summed E-state index contributed by atoms with van der Waals surface area (Å²) in [5, 5.41) is 2.76. The van der Waals surface area contributed by atoms with Gasteiger partial charge in [0.2, 0.25) is 0 Å². The summed E-state index contributed by atoms with van der Waals surface area (Å²) in [4.78, 5) is 23.3. The number of hydrogen-bond acceptors (Lipinski definition) is 3. The van der Waals surface area contributed by atoms with Crippen molar-refractivity contribution >= 4 is 12.4 Å². The quantitative estimate of drug-likeness (QED) is 0.595. The minimum absolute atomic E-state index is 0.261. The lowest BCUT2D eigenvalue weighted by Crippen LogP contribution is -2.45. The lowest BCUT2D eigenvalue weighted by molar-refractivity contribution is -0.111. The van der Waals surface area contributed by atoms with Crippen LogP contribution >= 0.6 is 0 Å². The van der Waals surface area contributed by atoms with Gasteiger partial charge in [0, 0.05) is 0 Å². The van der Waals surface area contributed by atoms with Gasteiger partial charge in [-0.3, -0.25) is 0 Å². The summed E-state index contributed by atoms with van der Waals surface area (Å²) in [5.74, 6) is 0.261. The molecule has 116 valence electrons. The molecule has 0 radical (unpaired) electrons. The molecular formula is C16H29NO3. The molecule has 0 aliphatic heterocycles. The van der Waals surface area contributed by atoms with Gasteiger partial charge < -0.3 is 14.8 Å². The molecule has 1 unspecified atom stereocenters. The Hall–Kier alpha value is -1.06. The topological polar surface area (TPSA) is 55.4 Å². The molecule has 0 saturated heterocycles. The predicted molar refractivity (Wildman–Crippen MR) is 79.6 cm³/mol. The van der Waals surface area contributed by atoms with Crippen LogP contribution in [0.2, 0.25) is 0 Å². The van der Waals surface area contributed by atoms with Gasteiger partial charge in [0.1, 0.15) is 11.9 Å². The molecule has 0 bridgehead atoms. The number of alkyl carbamates (subject to hydrolysis) is 1. The molecule has 0 aromatic carbocycles. The average molecular weight is 283 g/mol. The van der Waals surface area contributed by atoms with Crippen LogP contribution in [0.15, 0.2) is 0 Å². The van der Waals surface area contributed by atoms with E-state index in [-0.39, 0.29) is 5.92 Å². The lowest BCUT2D eigenvalue weighted by atomic mass is 9.93. The Morgan fingerprint density at radius 2 is 1.80 bits per heavy atom. The van der Waals surface area contributed by atoms with Crippen LogP contribution in [0.4, 0.5) is 4.79 Å². The third-order valence-corrected chi connectivity index (χ3v) is 4.67. The van der Waals surface area contributed by atoms with Crippen LogP contribution in [-0.2, 0) is 9.53 Å². The second-order valence-electron chi connectivity index (χ2n) is 6.10. The van der Waals surface area contributed by atoms with Gasteiger partial charge in [-0.2, -0.15) is 0 Å². The molecular weight excluding hydrogens is 254 g/mol. The maximum absolute atomic E-state index is 12.0. The molecule has 4 heteroatoms. The Balaban J connectivity index is 2.54. The SMILES string of the molecule is CCC(C)(CC)OC(=O)NC(C=O)C1CCCCCC1. The largest absolute Gasteiger partial charge is 0.443 e. The average Bonchev–Trinajstić information content (AvgIpc) is 2.73. The number of rotatable bonds is 6. The Kier molecular flexibility index (Phi) is 7.03. The summed E-state index contributed by atoms with van der Waals surface area (Å²) in [7, 11) is 0. The highest BCUT2D eigenvalue weighted by Gasteiger charge is 2.28. The predicted octanol–water partition coefficient (Wildman–Crippen LogP) is 3.83. The Morgan fingerprint density at radius 1 is 1.25 bits per heavy atom. The highest BCUT2D eigenvalue weighted by Crippen LogP contribution is 2.25. The Labute approximate surface area is 122 Å². The number of aldehydes is 1. The first-order valence-corrected chi connectivity index (χ1v) is 7.99. The van der Waals surface area contributed by atoms with E-state index >= 15 is 0 Å². The fourth-order valence-corrected chi connectivity index (χ4v) is 2.72. The summed E-state index contributed by atoms with van der Waals surface area (Å²) >= 11 is 0. The molecule has 1 atom stereocenters. The molecule has 1 rings (SSSR count). The Bertz CT molecular complexity index is 305. The van der Waals surface area contributed by atoms with Crippen molar-refractivity contribution in [1.82, 2.24) is 5.32 Å². The molecule has 0 spiro atoms. The summed E-state index contributed by atoms with van der Waals surface area (Å²) < 4.78 is 5.48. The molecule has 1 amide bonds. The molecule has 1 fully saturated rings. The third-order valence-electron chi connectivity index (χ3n) is 4.67. The summed E-state index contributed by atoms with van der Waals surface area (Å²) in [6, 6.07) is -0.404. The smallest absolute Gasteiger partial charge is 0.408 e. The minimum Gasteiger partial charge on any atom is -0.443 e. The lowest BCUT2D eigenvalue weighted by Gasteiger charge is -2.29. The number of hydrogen-bond donors (Lipinski definition) is 1. The second kappa shape index (κ2) is 8.28. The highest BCUT2D eigenvalue weighted by molar-refractivity contribution is 5.73. The molecule has 0 heterocycles. The fourth-order valence-electron chi connectivity index (χ4n) is 2.72. The van der Waals surface area contributed by atoms with E-state index in [2.05, 4.69) is 5.32 Å². The zero-order chi connectivity index (χ0) is 15.0. The maximum Gasteiger partial charge on any atom is 0.408 e. The molecule has 0 aromatic rings. The van der Waals surface area contributed by atoms with Gasteiger partial charge >= 0.3 is 6.09 Å². The number of ether oxygens (including phenoxy) is 1. The van der Waals surface area contributed by atoms with Crippen molar-refractivity contribution in [2.75, 3.05) is 0 Å². The standard InChI is InChI=1S/C16H29NO3/c1-4-16(3,5-2)20-15(19)17-14(12-18)13-10-8-6-7-9-11-13/h12-14H,4-11H2,1-3H3,(H,17,19). The second-order valence-corrected chi connectivity index (χ2v) is 6.10. The maximum atomic E-state index is 12.0. The van der Waals surface area contributed by atoms with E-state index in [0.717, 1.165) is 44.8 Å². The van der Waals surface area contributed by atoms with Crippen LogP contribution < -0.4 is 5.32 Å². The van der Waals surface area contributed by atoms with Gasteiger partial charge in [0.05, 0.1) is 6.04 Å². The van der Waals surface area contributed by atoms with Crippen molar-refractivity contribution in [3.8, 4) is 0 Å². The first kappa shape index (κ1) is 17.0. The zero-order valence-electron chi connectivity index (χ0n) is 13.1. The van der Waals surface area contributed by atoms with E-state index in [1.165, 1.54) is 12.8 Å². The van der Waals surface area contributed by atoms with Crippen LogP contribution in [0.5, 0.6) is 0 Å². The molecule has 1 saturated carbocycles. The van der Waals surface area contributed by atoms with Gasteiger partial charge in [0.25, 0.3) is 0 Å². The van der Waals surface area contributed by atoms with Crippen molar-refractivity contribution in [1.29, 1.82) is 0 Å². The van der Waals surface area contributed by atoms with Gasteiger partial charge in [-0.05, 0) is 38.5 Å². The molecule has 1 aliphatic carbocycles. The van der Waals surface area contributed by atoms with Crippen LogP contribution in [0, 0.1) is 5.92 Å². The third kappa shape index (κ3) is 5.14. The minimum atomic E-state index is -0.461. The molecule has 20 heavy (non-hydrogen) atoms. The van der Waals surface area contributed by atoms with E-state index < -0.39 is 17.7 Å². The van der Waals surface area contributed by atoms with Crippen molar-refractivity contribution in [3.63, 3.8) is 0 Å². The fraction of sp³-hybridized carbons (Fsp3) is 0.875. The Morgan fingerprint density at radius 3 is 2.25 bits per heavy atom. The zero-order valence-corrected chi connectivity index (χ0v) is 13.1. The van der Waals surface area contributed by atoms with E-state index in [4.69, 9.17) is 4.74 Å². The van der Waals surface area contributed by atoms with E-state index in [0.29, 0.717) is 0 Å². The van der Waals surface area contributed by atoms with Crippen molar-refractivity contribution in [3.05, 3.63) is 0 Å². The first-order chi connectivity index (χ1) is 9.54. The van der Waals surface area contributed by atoms with Gasteiger partial charge in [-0.15, -0.1) is 0 Å². The van der Waals surface area contributed by atoms with E-state index in [1.807, 2.05) is 20.8 Å². The number of nitrogens with one attached hydrogen (secondary N) is 1. The monoisotopic (exact) mass is 283 g/mol. The van der Waals surface area contributed by atoms with Gasteiger partial charge in [0.15, 0.2) is 0 Å². The van der Waals surface area contributed by atoms with E-state index in [9.17, 15) is 9.59 Å². The summed E-state index contributed by atoms with van der Waals surface area (Å²) in [6.45, 7) is 5.92. The van der Waals surface area contributed by atoms with Crippen LogP contribution in [0.25, 0.3) is 0 Å². The van der Waals surface area contributed by atoms with Gasteiger partial charge in [-0.25, -0.2) is 4.79 Å². The number of carbonyl (C=O) groups excluding carboxylic acids is 2. The number of amides is 1. The van der Waals surface area contributed by atoms with Crippen molar-refractivity contribution in [2.45, 2.75) is 83.8 Å². The highest BCUT2D eigenvalue weighted by atomic mass is 16.6. The summed E-state index contributed by atoms with van der Waals surface area (Å²) in [6.07, 6.45) is 8.74. The summed E-state index contributed by atoms with van der Waals surface area (Å²) in [5.41, 5.74) is -0.443. The van der Waals surface area contributed by atoms with Gasteiger partial charge in [-0.1, -0.05) is 39.5 Å². The number of carbonyl (C=O) groups is 2. The van der Waals surface area contributed by atoms with Crippen LogP contribution in [0.1, 0.15) is 72.1 Å². The van der Waals surface area contributed by atoms with Crippen LogP contribution in [-0.4, -0.2) is 24.0 Å². The van der Waals surface area contributed by atoms with Crippen molar-refractivity contribution < 1.29 is 14.3 Å². The molecule has 1 N–H and O–H groups in total. The first-order valence-electron chi connectivity index (χ1n) is 7.99. The van der Waals surface area contributed by atoms with Crippen LogP contribution in [0.3, 0.4) is 0 Å². The van der Waals surface area contributed by atoms with E-state index in [1.54, 1.807) is 0 Å². The normalized spacial score (nSPS) is 18.9. The van der Waals surface area contributed by atoms with Crippen molar-refractivity contribution in [2.24, 2.45) is 5.92 Å².